The number of ether oxygens (including phenoxy) is 10. The number of unbranched alkanes of at least 4 members (excludes halogenated alkanes) is 6. The molecular formula is C53H87N5O22. The van der Waals surface area contributed by atoms with Gasteiger partial charge in [0, 0.05) is 66.6 Å². The number of hydrogen-bond donors (Lipinski definition) is 7. The number of likely N-dealkylation sites (N-methyl/N-ethyl adjacent to an activating group) is 2. The summed E-state index contributed by atoms with van der Waals surface area (Å²) < 4.78 is 58.8. The number of carboxylic acid groups (broad SMARTS) is 1. The highest BCUT2D eigenvalue weighted by atomic mass is 16.7. The first-order valence-electron chi connectivity index (χ1n) is 27.7. The molecule has 4 aliphatic rings. The first-order chi connectivity index (χ1) is 38.0. The van der Waals surface area contributed by atoms with Crippen LogP contribution in [0.3, 0.4) is 0 Å². The zero-order valence-corrected chi connectivity index (χ0v) is 47.4. The molecule has 1 aromatic heterocycles. The van der Waals surface area contributed by atoms with Gasteiger partial charge in [-0.2, -0.15) is 0 Å². The molecule has 0 radical (unpaired) electrons. The van der Waals surface area contributed by atoms with Gasteiger partial charge < -0.3 is 83.5 Å². The van der Waals surface area contributed by atoms with Crippen molar-refractivity contribution in [3.63, 3.8) is 0 Å². The summed E-state index contributed by atoms with van der Waals surface area (Å²) in [5.74, 6) is -4.90. The van der Waals surface area contributed by atoms with E-state index >= 15 is 0 Å². The van der Waals surface area contributed by atoms with Gasteiger partial charge in [0.1, 0.15) is 79.3 Å². The first-order valence-corrected chi connectivity index (χ1v) is 27.7. The molecule has 0 spiro atoms. The van der Waals surface area contributed by atoms with Gasteiger partial charge in [0.15, 0.2) is 18.6 Å². The van der Waals surface area contributed by atoms with Crippen LogP contribution in [0.4, 0.5) is 0 Å². The number of aromatic amines is 1. The second-order valence-corrected chi connectivity index (χ2v) is 21.7. The summed E-state index contributed by atoms with van der Waals surface area (Å²) >= 11 is 0. The Labute approximate surface area is 465 Å². The Balaban J connectivity index is 1.33. The molecule has 0 bridgehead atoms. The van der Waals surface area contributed by atoms with E-state index in [1.165, 1.54) is 39.7 Å². The minimum atomic E-state index is -1.97. The molecule has 27 heteroatoms. The monoisotopic (exact) mass is 1150 g/mol. The Hall–Kier alpha value is -4.49. The lowest BCUT2D eigenvalue weighted by molar-refractivity contribution is -0.297. The number of aromatic nitrogens is 2. The molecule has 4 fully saturated rings. The van der Waals surface area contributed by atoms with Crippen molar-refractivity contribution in [2.45, 2.75) is 221 Å². The van der Waals surface area contributed by atoms with E-state index in [0.29, 0.717) is 12.3 Å². The van der Waals surface area contributed by atoms with Gasteiger partial charge in [0.05, 0.1) is 12.5 Å². The molecule has 456 valence electrons. The predicted molar refractivity (Wildman–Crippen MR) is 279 cm³/mol. The molecule has 5 heterocycles. The van der Waals surface area contributed by atoms with Crippen LogP contribution in [0, 0.1) is 11.8 Å². The van der Waals surface area contributed by atoms with Crippen LogP contribution in [0.2, 0.25) is 0 Å². The topological polar surface area (TPSA) is 366 Å². The molecule has 0 saturated carbocycles. The molecule has 8 N–H and O–H groups in total. The molecule has 5 rings (SSSR count). The Bertz CT molecular complexity index is 2270. The van der Waals surface area contributed by atoms with E-state index in [1.54, 1.807) is 13.8 Å². The minimum absolute atomic E-state index is 0.216. The van der Waals surface area contributed by atoms with Crippen molar-refractivity contribution in [1.29, 1.82) is 0 Å². The number of nitrogens with one attached hydrogen (secondary N) is 1. The Morgan fingerprint density at radius 3 is 1.95 bits per heavy atom. The van der Waals surface area contributed by atoms with E-state index in [1.807, 2.05) is 4.98 Å². The Morgan fingerprint density at radius 2 is 1.36 bits per heavy atom. The molecule has 0 aromatic carbocycles. The number of nitrogens with zero attached hydrogens (tertiary/aromatic N) is 3. The van der Waals surface area contributed by atoms with Crippen LogP contribution in [0.25, 0.3) is 0 Å². The molecule has 4 saturated heterocycles. The minimum Gasteiger partial charge on any atom is -0.480 e. The van der Waals surface area contributed by atoms with Crippen molar-refractivity contribution in [3.8, 4) is 0 Å². The highest BCUT2D eigenvalue weighted by molar-refractivity contribution is 5.88. The third kappa shape index (κ3) is 17.1. The summed E-state index contributed by atoms with van der Waals surface area (Å²) in [4.78, 5) is 97.6. The van der Waals surface area contributed by atoms with Crippen LogP contribution in [-0.2, 0) is 71.3 Å². The van der Waals surface area contributed by atoms with Crippen LogP contribution >= 0.6 is 0 Å². The lowest BCUT2D eigenvalue weighted by Crippen LogP contribution is -2.59. The quantitative estimate of drug-likeness (QED) is 0.0295. The third-order valence-electron chi connectivity index (χ3n) is 15.7. The van der Waals surface area contributed by atoms with Crippen LogP contribution in [0.5, 0.6) is 0 Å². The zero-order valence-electron chi connectivity index (χ0n) is 47.4. The van der Waals surface area contributed by atoms with Crippen LogP contribution < -0.4 is 17.0 Å². The van der Waals surface area contributed by atoms with E-state index in [4.69, 9.17) is 53.1 Å². The van der Waals surface area contributed by atoms with E-state index in [-0.39, 0.29) is 25.8 Å². The summed E-state index contributed by atoms with van der Waals surface area (Å²) in [5.41, 5.74) is 3.95. The molecule has 20 atom stereocenters. The molecular weight excluding hydrogens is 1060 g/mol. The number of esters is 3. The van der Waals surface area contributed by atoms with Gasteiger partial charge >= 0.3 is 29.6 Å². The average Bonchev–Trinajstić information content (AvgIpc) is 3.91. The summed E-state index contributed by atoms with van der Waals surface area (Å²) in [7, 11) is 6.88. The predicted octanol–water partition coefficient (Wildman–Crippen LogP) is -0.308. The lowest BCUT2D eigenvalue weighted by Gasteiger charge is -2.43. The van der Waals surface area contributed by atoms with Gasteiger partial charge in [-0.1, -0.05) is 72.1 Å². The Morgan fingerprint density at radius 1 is 0.750 bits per heavy atom. The summed E-state index contributed by atoms with van der Waals surface area (Å²) in [6, 6.07) is -2.60. The van der Waals surface area contributed by atoms with Gasteiger partial charge in [0.25, 0.3) is 5.56 Å². The Kier molecular flexibility index (Phi) is 25.9. The number of aliphatic carboxylic acids is 1. The highest BCUT2D eigenvalue weighted by Crippen LogP contribution is 2.37. The van der Waals surface area contributed by atoms with Crippen molar-refractivity contribution in [1.82, 2.24) is 19.4 Å². The van der Waals surface area contributed by atoms with E-state index < -0.39 is 170 Å². The smallest absolute Gasteiger partial charge is 0.330 e. The van der Waals surface area contributed by atoms with Gasteiger partial charge in [0.2, 0.25) is 12.2 Å². The maximum atomic E-state index is 14.7. The summed E-state index contributed by atoms with van der Waals surface area (Å²) in [5, 5.41) is 55.2. The van der Waals surface area contributed by atoms with Crippen LogP contribution in [0.15, 0.2) is 21.9 Å². The number of hydrogen-bond acceptors (Lipinski definition) is 23. The fourth-order valence-electron chi connectivity index (χ4n) is 10.9. The van der Waals surface area contributed by atoms with Crippen LogP contribution in [0.1, 0.15) is 117 Å². The second kappa shape index (κ2) is 31.2. The number of carbonyl (C=O) groups is 5. The standard InChI is InChI=1S/C53H87N5O22/c1-10-27(2)18-16-14-12-11-13-15-17-19-30(75-34(60)22-28(3)23-35(61)78-52-47(73-9)46(72-8)43(71-7)29(4)74-52)24-36(62)76-32-26-56(5)38(48(67)57(6)37(32)50(68)69)44(80-51-42(66)39(63)31(25-54)77-51)45-40(64)41(65)49(79-45)58-21-20-33(59)55-53(58)70/h20-21,27-32,37-47,49,51-52,63-66H,10-19,22-26,54H2,1-9H3,(H,68,69)(H,55,59,70). The van der Waals surface area contributed by atoms with E-state index in [9.17, 15) is 59.1 Å². The van der Waals surface area contributed by atoms with Crippen molar-refractivity contribution in [2.24, 2.45) is 17.6 Å². The molecule has 80 heavy (non-hydrogen) atoms. The molecule has 0 aliphatic carbocycles. The number of rotatable bonds is 30. The van der Waals surface area contributed by atoms with Gasteiger partial charge in [-0.15, -0.1) is 0 Å². The maximum Gasteiger partial charge on any atom is 0.330 e. The SMILES string of the molecule is CCC(C)CCCCCCCCCC(CC(=O)OC1CN(C)C(C(OC2OC(CN)C(O)C2O)C2OC(n3ccc(=O)[nH]c3=O)C(O)C2O)C(=O)N(C)C1C(=O)O)OC(=O)CC(C)CC(=O)OC1OC(C)C(OC)C(OC)C1OC. The largest absolute Gasteiger partial charge is 0.480 e. The van der Waals surface area contributed by atoms with Gasteiger partial charge in [-0.05, 0) is 38.6 Å². The van der Waals surface area contributed by atoms with Crippen molar-refractivity contribution < 1.29 is 96.9 Å². The molecule has 4 aliphatic heterocycles. The molecule has 1 aromatic rings. The molecule has 27 nitrogen and oxygen atoms in total. The maximum absolute atomic E-state index is 14.7. The number of aliphatic hydroxyl groups is 4. The number of methoxy groups -OCH3 is 3. The van der Waals surface area contributed by atoms with Crippen molar-refractivity contribution in [2.75, 3.05) is 48.5 Å². The van der Waals surface area contributed by atoms with E-state index in [2.05, 4.69) is 13.8 Å². The first kappa shape index (κ1) is 66.3. The molecule has 1 amide bonds. The number of nitrogens with two attached hydrogens (primary N) is 1. The molecule has 20 unspecified atom stereocenters. The lowest BCUT2D eigenvalue weighted by atomic mass is 9.97. The summed E-state index contributed by atoms with van der Waals surface area (Å²) in [6.07, 6.45) is -12.6. The van der Waals surface area contributed by atoms with Gasteiger partial charge in [-0.3, -0.25) is 38.4 Å². The normalized spacial score (nSPS) is 32.7. The number of H-pyrrole nitrogens is 1. The van der Waals surface area contributed by atoms with Gasteiger partial charge in [-0.25, -0.2) is 9.59 Å². The van der Waals surface area contributed by atoms with E-state index in [0.717, 1.165) is 73.7 Å². The number of carboxylic acids is 1. The fraction of sp³-hybridized carbons (Fsp3) is 0.830. The number of carbonyl (C=O) groups excluding carboxylic acids is 4. The second-order valence-electron chi connectivity index (χ2n) is 21.7. The fourth-order valence-corrected chi connectivity index (χ4v) is 10.9. The zero-order chi connectivity index (χ0) is 59.1. The summed E-state index contributed by atoms with van der Waals surface area (Å²) in [6.45, 7) is 7.03. The highest BCUT2D eigenvalue weighted by Gasteiger charge is 2.57. The average molecular weight is 1150 g/mol. The van der Waals surface area contributed by atoms with Crippen LogP contribution in [-0.4, -0.2) is 227 Å². The number of amides is 1. The number of aliphatic hydroxyl groups excluding tert-OH is 4. The van der Waals surface area contributed by atoms with Crippen molar-refractivity contribution in [3.05, 3.63) is 33.1 Å². The van der Waals surface area contributed by atoms with Crippen molar-refractivity contribution >= 4 is 29.8 Å². The third-order valence-corrected chi connectivity index (χ3v) is 15.7.